The molecule has 0 fully saturated rings. The smallest absolute Gasteiger partial charge is 0.259 e. The third-order valence-corrected chi connectivity index (χ3v) is 5.63. The first kappa shape index (κ1) is 13.3. The Morgan fingerprint density at radius 3 is 2.83 bits per heavy atom. The molecule has 98 valence electrons. The van der Waals surface area contributed by atoms with Crippen LogP contribution in [0.4, 0.5) is 0 Å². The highest BCUT2D eigenvalue weighted by molar-refractivity contribution is 7.89. The zero-order valence-electron chi connectivity index (χ0n) is 10.2. The SMILES string of the molecule is CC(Cc1cccs1)N(C)S(=O)(=O)c1ccn[nH]1. The Bertz CT molecular complexity index is 576. The summed E-state index contributed by atoms with van der Waals surface area (Å²) in [5.41, 5.74) is 0. The van der Waals surface area contributed by atoms with Crippen LogP contribution in [0.25, 0.3) is 0 Å². The predicted molar refractivity (Wildman–Crippen MR) is 71.0 cm³/mol. The van der Waals surface area contributed by atoms with Crippen molar-refractivity contribution in [1.82, 2.24) is 14.5 Å². The van der Waals surface area contributed by atoms with E-state index in [0.29, 0.717) is 6.42 Å². The third-order valence-electron chi connectivity index (χ3n) is 2.83. The first-order valence-corrected chi connectivity index (χ1v) is 7.83. The maximum absolute atomic E-state index is 12.2. The normalized spacial score (nSPS) is 13.9. The predicted octanol–water partition coefficient (Wildman–Crippen LogP) is 1.72. The second-order valence-electron chi connectivity index (χ2n) is 4.07. The van der Waals surface area contributed by atoms with Gasteiger partial charge in [0.15, 0.2) is 5.03 Å². The van der Waals surface area contributed by atoms with Gasteiger partial charge in [0.25, 0.3) is 10.0 Å². The van der Waals surface area contributed by atoms with Gasteiger partial charge in [-0.1, -0.05) is 6.07 Å². The Kier molecular flexibility index (Phi) is 3.84. The molecule has 0 bridgehead atoms. The standard InChI is InChI=1S/C11H15N3O2S2/c1-9(8-10-4-3-7-17-10)14(2)18(15,16)11-5-6-12-13-11/h3-7,9H,8H2,1-2H3,(H,12,13). The molecule has 0 saturated carbocycles. The monoisotopic (exact) mass is 285 g/mol. The fraction of sp³-hybridized carbons (Fsp3) is 0.364. The van der Waals surface area contributed by atoms with Crippen molar-refractivity contribution < 1.29 is 8.42 Å². The molecule has 2 rings (SSSR count). The summed E-state index contributed by atoms with van der Waals surface area (Å²) in [7, 11) is -1.89. The summed E-state index contributed by atoms with van der Waals surface area (Å²) in [5, 5.41) is 8.29. The van der Waals surface area contributed by atoms with E-state index >= 15 is 0 Å². The molecule has 2 heterocycles. The van der Waals surface area contributed by atoms with Crippen molar-refractivity contribution in [3.63, 3.8) is 0 Å². The number of rotatable bonds is 5. The van der Waals surface area contributed by atoms with E-state index in [1.54, 1.807) is 18.4 Å². The number of aromatic nitrogens is 2. The number of nitrogens with one attached hydrogen (secondary N) is 1. The lowest BCUT2D eigenvalue weighted by atomic mass is 10.2. The number of likely N-dealkylation sites (N-methyl/N-ethyl adjacent to an activating group) is 1. The van der Waals surface area contributed by atoms with E-state index in [9.17, 15) is 8.42 Å². The van der Waals surface area contributed by atoms with Gasteiger partial charge in [0.1, 0.15) is 0 Å². The Morgan fingerprint density at radius 2 is 2.28 bits per heavy atom. The zero-order valence-corrected chi connectivity index (χ0v) is 11.8. The van der Waals surface area contributed by atoms with E-state index in [1.807, 2.05) is 24.4 Å². The van der Waals surface area contributed by atoms with E-state index in [2.05, 4.69) is 10.2 Å². The average molecular weight is 285 g/mol. The summed E-state index contributed by atoms with van der Waals surface area (Å²) in [5.74, 6) is 0. The fourth-order valence-corrected chi connectivity index (χ4v) is 3.71. The van der Waals surface area contributed by atoms with Crippen molar-refractivity contribution >= 4 is 21.4 Å². The molecule has 5 nitrogen and oxygen atoms in total. The Morgan fingerprint density at radius 1 is 1.50 bits per heavy atom. The van der Waals surface area contributed by atoms with Crippen molar-refractivity contribution in [2.45, 2.75) is 24.4 Å². The number of aromatic amines is 1. The minimum atomic E-state index is -3.48. The van der Waals surface area contributed by atoms with Crippen molar-refractivity contribution in [3.8, 4) is 0 Å². The maximum Gasteiger partial charge on any atom is 0.259 e. The summed E-state index contributed by atoms with van der Waals surface area (Å²) in [6, 6.07) is 5.34. The van der Waals surface area contributed by atoms with Gasteiger partial charge in [0.2, 0.25) is 0 Å². The Hall–Kier alpha value is -1.18. The van der Waals surface area contributed by atoms with Crippen LogP contribution in [0.3, 0.4) is 0 Å². The lowest BCUT2D eigenvalue weighted by Gasteiger charge is -2.23. The lowest BCUT2D eigenvalue weighted by Crippen LogP contribution is -2.36. The van der Waals surface area contributed by atoms with E-state index in [1.165, 1.54) is 21.4 Å². The quantitative estimate of drug-likeness (QED) is 0.909. The Labute approximate surface area is 111 Å². The molecule has 1 unspecified atom stereocenters. The zero-order chi connectivity index (χ0) is 13.2. The molecule has 0 aliphatic carbocycles. The maximum atomic E-state index is 12.2. The second kappa shape index (κ2) is 5.21. The first-order valence-electron chi connectivity index (χ1n) is 5.51. The van der Waals surface area contributed by atoms with Crippen LogP contribution in [0.2, 0.25) is 0 Å². The molecule has 2 aromatic rings. The van der Waals surface area contributed by atoms with Crippen molar-refractivity contribution in [2.75, 3.05) is 7.05 Å². The first-order chi connectivity index (χ1) is 8.51. The van der Waals surface area contributed by atoms with Gasteiger partial charge in [0.05, 0.1) is 6.20 Å². The van der Waals surface area contributed by atoms with Crippen molar-refractivity contribution in [3.05, 3.63) is 34.7 Å². The molecule has 0 aliphatic rings. The average Bonchev–Trinajstić information content (AvgIpc) is 3.00. The van der Waals surface area contributed by atoms with Crippen LogP contribution < -0.4 is 0 Å². The van der Waals surface area contributed by atoms with Gasteiger partial charge in [-0.05, 0) is 30.9 Å². The molecule has 0 radical (unpaired) electrons. The fourth-order valence-electron chi connectivity index (χ4n) is 1.63. The van der Waals surface area contributed by atoms with E-state index in [4.69, 9.17) is 0 Å². The molecule has 1 atom stereocenters. The molecule has 0 saturated heterocycles. The topological polar surface area (TPSA) is 66.1 Å². The number of nitrogens with zero attached hydrogens (tertiary/aromatic N) is 2. The van der Waals surface area contributed by atoms with Gasteiger partial charge in [-0.25, -0.2) is 8.42 Å². The summed E-state index contributed by atoms with van der Waals surface area (Å²) in [4.78, 5) is 1.18. The van der Waals surface area contributed by atoms with Crippen LogP contribution in [0, 0.1) is 0 Å². The molecular formula is C11H15N3O2S2. The van der Waals surface area contributed by atoms with Crippen LogP contribution in [0.1, 0.15) is 11.8 Å². The molecule has 1 N–H and O–H groups in total. The minimum Gasteiger partial charge on any atom is -0.266 e. The molecular weight excluding hydrogens is 270 g/mol. The third kappa shape index (κ3) is 2.63. The lowest BCUT2D eigenvalue weighted by molar-refractivity contribution is 0.386. The number of sulfonamides is 1. The van der Waals surface area contributed by atoms with Gasteiger partial charge in [0, 0.05) is 18.0 Å². The van der Waals surface area contributed by atoms with Crippen LogP contribution in [-0.4, -0.2) is 36.0 Å². The number of thiophene rings is 1. The van der Waals surface area contributed by atoms with Crippen LogP contribution in [0.15, 0.2) is 34.8 Å². The van der Waals surface area contributed by atoms with Gasteiger partial charge in [-0.2, -0.15) is 9.40 Å². The van der Waals surface area contributed by atoms with Gasteiger partial charge < -0.3 is 0 Å². The van der Waals surface area contributed by atoms with E-state index in [0.717, 1.165) is 0 Å². The van der Waals surface area contributed by atoms with Crippen molar-refractivity contribution in [1.29, 1.82) is 0 Å². The summed E-state index contributed by atoms with van der Waals surface area (Å²) < 4.78 is 25.8. The van der Waals surface area contributed by atoms with Crippen LogP contribution in [0.5, 0.6) is 0 Å². The molecule has 7 heteroatoms. The largest absolute Gasteiger partial charge is 0.266 e. The summed E-state index contributed by atoms with van der Waals surface area (Å²) in [6.07, 6.45) is 2.15. The molecule has 0 aliphatic heterocycles. The van der Waals surface area contributed by atoms with Crippen LogP contribution in [-0.2, 0) is 16.4 Å². The molecule has 0 amide bonds. The number of hydrogen-bond donors (Lipinski definition) is 1. The molecule has 0 aromatic carbocycles. The van der Waals surface area contributed by atoms with E-state index in [-0.39, 0.29) is 11.1 Å². The highest BCUT2D eigenvalue weighted by Gasteiger charge is 2.26. The highest BCUT2D eigenvalue weighted by Crippen LogP contribution is 2.18. The van der Waals surface area contributed by atoms with Gasteiger partial charge in [-0.3, -0.25) is 5.10 Å². The molecule has 18 heavy (non-hydrogen) atoms. The molecule has 0 spiro atoms. The number of hydrogen-bond acceptors (Lipinski definition) is 4. The Balaban J connectivity index is 2.13. The minimum absolute atomic E-state index is 0.100. The van der Waals surface area contributed by atoms with Crippen LogP contribution >= 0.6 is 11.3 Å². The highest BCUT2D eigenvalue weighted by atomic mass is 32.2. The molecule has 2 aromatic heterocycles. The second-order valence-corrected chi connectivity index (χ2v) is 7.07. The van der Waals surface area contributed by atoms with E-state index < -0.39 is 10.0 Å². The summed E-state index contributed by atoms with van der Waals surface area (Å²) >= 11 is 1.64. The van der Waals surface area contributed by atoms with Gasteiger partial charge in [-0.15, -0.1) is 11.3 Å². The summed E-state index contributed by atoms with van der Waals surface area (Å²) in [6.45, 7) is 1.90. The van der Waals surface area contributed by atoms with Crippen molar-refractivity contribution in [2.24, 2.45) is 0 Å². The van der Waals surface area contributed by atoms with Gasteiger partial charge >= 0.3 is 0 Å². The number of H-pyrrole nitrogens is 1.